The first kappa shape index (κ1) is 16.3. The number of halogens is 2. The molecule has 0 spiro atoms. The molecule has 0 radical (unpaired) electrons. The molecule has 0 aromatic heterocycles. The highest BCUT2D eigenvalue weighted by atomic mass is 35.5. The van der Waals surface area contributed by atoms with Crippen LogP contribution in [0.5, 0.6) is 0 Å². The van der Waals surface area contributed by atoms with Crippen molar-refractivity contribution in [2.75, 3.05) is 0 Å². The average molecular weight is 351 g/mol. The molecule has 2 atom stereocenters. The molecule has 1 fully saturated rings. The summed E-state index contributed by atoms with van der Waals surface area (Å²) in [5.74, 6) is 0. The van der Waals surface area contributed by atoms with Crippen LogP contribution < -0.4 is 0 Å². The van der Waals surface area contributed by atoms with Crippen LogP contribution in [0, 0.1) is 0 Å². The van der Waals surface area contributed by atoms with Gasteiger partial charge in [-0.25, -0.2) is 0 Å². The second kappa shape index (κ2) is 6.89. The van der Waals surface area contributed by atoms with Crippen LogP contribution in [0.1, 0.15) is 36.1 Å². The highest BCUT2D eigenvalue weighted by molar-refractivity contribution is 6.30. The van der Waals surface area contributed by atoms with E-state index in [-0.39, 0.29) is 12.1 Å². The fourth-order valence-electron chi connectivity index (χ4n) is 2.98. The zero-order valence-electron chi connectivity index (χ0n) is 12.2. The monoisotopic (exact) mass is 350 g/mol. The van der Waals surface area contributed by atoms with Crippen LogP contribution in [-0.4, -0.2) is 21.2 Å². The van der Waals surface area contributed by atoms with Gasteiger partial charge in [0.1, 0.15) is 0 Å². The molecule has 2 aromatic rings. The number of rotatable bonds is 2. The second-order valence-corrected chi connectivity index (χ2v) is 6.47. The van der Waals surface area contributed by atoms with Gasteiger partial charge in [0, 0.05) is 22.9 Å². The second-order valence-electron chi connectivity index (χ2n) is 5.60. The number of oxime groups is 1. The molecule has 2 aromatic carbocycles. The summed E-state index contributed by atoms with van der Waals surface area (Å²) in [6.07, 6.45) is 0.870. The van der Waals surface area contributed by atoms with Crippen LogP contribution in [0.15, 0.2) is 53.7 Å². The molecule has 0 amide bonds. The molecule has 0 aliphatic carbocycles. The summed E-state index contributed by atoms with van der Waals surface area (Å²) >= 11 is 12.1. The highest BCUT2D eigenvalue weighted by Gasteiger charge is 2.35. The SMILES string of the molecule is ON=C1C[C@H](c2cccc(Cl)c2)N(O)[C@@H](c2cccc(Cl)c2)C1. The van der Waals surface area contributed by atoms with E-state index in [1.807, 2.05) is 36.4 Å². The van der Waals surface area contributed by atoms with E-state index in [1.165, 1.54) is 5.06 Å². The predicted octanol–water partition coefficient (Wildman–Crippen LogP) is 5.09. The Hall–Kier alpha value is -1.59. The first-order valence-corrected chi connectivity index (χ1v) is 8.02. The maximum Gasteiger partial charge on any atom is 0.0660 e. The van der Waals surface area contributed by atoms with Gasteiger partial charge in [0.25, 0.3) is 0 Å². The van der Waals surface area contributed by atoms with Gasteiger partial charge in [-0.1, -0.05) is 52.6 Å². The lowest BCUT2D eigenvalue weighted by Gasteiger charge is -2.38. The summed E-state index contributed by atoms with van der Waals surface area (Å²) in [7, 11) is 0. The maximum absolute atomic E-state index is 10.7. The van der Waals surface area contributed by atoms with E-state index in [4.69, 9.17) is 23.2 Å². The summed E-state index contributed by atoms with van der Waals surface area (Å²) in [6.45, 7) is 0. The molecule has 6 heteroatoms. The van der Waals surface area contributed by atoms with E-state index in [1.54, 1.807) is 12.1 Å². The summed E-state index contributed by atoms with van der Waals surface area (Å²) in [6, 6.07) is 14.0. The van der Waals surface area contributed by atoms with Crippen molar-refractivity contribution < 1.29 is 10.4 Å². The Morgan fingerprint density at radius 2 is 1.39 bits per heavy atom. The Labute approximate surface area is 144 Å². The molecule has 1 heterocycles. The van der Waals surface area contributed by atoms with Crippen LogP contribution in [0.2, 0.25) is 10.0 Å². The van der Waals surface area contributed by atoms with Gasteiger partial charge in [0.15, 0.2) is 0 Å². The van der Waals surface area contributed by atoms with Crippen LogP contribution in [0.25, 0.3) is 0 Å². The normalized spacial score (nSPS) is 22.1. The predicted molar refractivity (Wildman–Crippen MR) is 90.5 cm³/mol. The molecule has 0 unspecified atom stereocenters. The molecule has 4 nitrogen and oxygen atoms in total. The fraction of sp³-hybridized carbons (Fsp3) is 0.235. The molecule has 120 valence electrons. The summed E-state index contributed by atoms with van der Waals surface area (Å²) in [4.78, 5) is 0. The Bertz CT molecular complexity index is 679. The van der Waals surface area contributed by atoms with Crippen molar-refractivity contribution in [3.8, 4) is 0 Å². The molecule has 1 aliphatic heterocycles. The van der Waals surface area contributed by atoms with Crippen LogP contribution in [0.4, 0.5) is 0 Å². The standard InChI is InChI=1S/C17H16Cl2N2O2/c18-13-5-1-3-11(7-13)16-9-15(20-22)10-17(21(16)23)12-4-2-6-14(19)8-12/h1-8,16-17,22-23H,9-10H2/t16-,17-/m1/s1. The third kappa shape index (κ3) is 3.51. The number of benzene rings is 2. The van der Waals surface area contributed by atoms with Gasteiger partial charge < -0.3 is 10.4 Å². The van der Waals surface area contributed by atoms with Crippen molar-refractivity contribution in [1.82, 2.24) is 5.06 Å². The average Bonchev–Trinajstić information content (AvgIpc) is 2.55. The molecular formula is C17H16Cl2N2O2. The first-order chi connectivity index (χ1) is 11.1. The van der Waals surface area contributed by atoms with Gasteiger partial charge in [-0.05, 0) is 35.4 Å². The minimum Gasteiger partial charge on any atom is -0.411 e. The number of hydrogen-bond donors (Lipinski definition) is 2. The van der Waals surface area contributed by atoms with E-state index >= 15 is 0 Å². The van der Waals surface area contributed by atoms with Gasteiger partial charge in [-0.15, -0.1) is 0 Å². The van der Waals surface area contributed by atoms with Gasteiger partial charge in [-0.3, -0.25) is 0 Å². The molecule has 1 aliphatic rings. The van der Waals surface area contributed by atoms with Crippen molar-refractivity contribution in [3.05, 3.63) is 69.7 Å². The number of hydroxylamine groups is 2. The minimum atomic E-state index is -0.336. The Balaban J connectivity index is 1.98. The summed E-state index contributed by atoms with van der Waals surface area (Å²) in [5.41, 5.74) is 2.37. The van der Waals surface area contributed by atoms with E-state index < -0.39 is 0 Å². The molecule has 23 heavy (non-hydrogen) atoms. The van der Waals surface area contributed by atoms with Crippen molar-refractivity contribution in [3.63, 3.8) is 0 Å². The fourth-order valence-corrected chi connectivity index (χ4v) is 3.38. The third-order valence-corrected chi connectivity index (χ3v) is 4.58. The van der Waals surface area contributed by atoms with Gasteiger partial charge >= 0.3 is 0 Å². The lowest BCUT2D eigenvalue weighted by Crippen LogP contribution is -2.37. The van der Waals surface area contributed by atoms with E-state index in [0.717, 1.165) is 11.1 Å². The first-order valence-electron chi connectivity index (χ1n) is 7.26. The van der Waals surface area contributed by atoms with Crippen molar-refractivity contribution in [2.45, 2.75) is 24.9 Å². The quantitative estimate of drug-likeness (QED) is 0.585. The lowest BCUT2D eigenvalue weighted by molar-refractivity contribution is -0.167. The Morgan fingerprint density at radius 3 is 1.78 bits per heavy atom. The third-order valence-electron chi connectivity index (χ3n) is 4.10. The zero-order chi connectivity index (χ0) is 16.4. The topological polar surface area (TPSA) is 56.1 Å². The van der Waals surface area contributed by atoms with Crippen molar-refractivity contribution in [1.29, 1.82) is 0 Å². The lowest BCUT2D eigenvalue weighted by atomic mass is 9.88. The van der Waals surface area contributed by atoms with Crippen LogP contribution >= 0.6 is 23.2 Å². The van der Waals surface area contributed by atoms with Crippen molar-refractivity contribution >= 4 is 28.9 Å². The molecule has 1 saturated heterocycles. The number of piperidine rings is 1. The van der Waals surface area contributed by atoms with Gasteiger partial charge in [-0.2, -0.15) is 5.06 Å². The summed E-state index contributed by atoms with van der Waals surface area (Å²) < 4.78 is 0. The summed E-state index contributed by atoms with van der Waals surface area (Å²) in [5, 5.41) is 25.9. The van der Waals surface area contributed by atoms with Crippen molar-refractivity contribution in [2.24, 2.45) is 5.16 Å². The highest BCUT2D eigenvalue weighted by Crippen LogP contribution is 2.40. The van der Waals surface area contributed by atoms with E-state index in [2.05, 4.69) is 5.16 Å². The number of nitrogens with zero attached hydrogens (tertiary/aromatic N) is 2. The largest absolute Gasteiger partial charge is 0.411 e. The molecule has 2 N–H and O–H groups in total. The zero-order valence-corrected chi connectivity index (χ0v) is 13.7. The number of hydrogen-bond acceptors (Lipinski definition) is 4. The Kier molecular flexibility index (Phi) is 4.87. The van der Waals surface area contributed by atoms with E-state index in [0.29, 0.717) is 28.6 Å². The van der Waals surface area contributed by atoms with Crippen LogP contribution in [-0.2, 0) is 0 Å². The van der Waals surface area contributed by atoms with E-state index in [9.17, 15) is 10.4 Å². The van der Waals surface area contributed by atoms with Crippen LogP contribution in [0.3, 0.4) is 0 Å². The van der Waals surface area contributed by atoms with Gasteiger partial charge in [0.05, 0.1) is 17.8 Å². The maximum atomic E-state index is 10.7. The smallest absolute Gasteiger partial charge is 0.0660 e. The van der Waals surface area contributed by atoms with Gasteiger partial charge in [0.2, 0.25) is 0 Å². The molecule has 0 bridgehead atoms. The molecular weight excluding hydrogens is 335 g/mol. The molecule has 3 rings (SSSR count). The minimum absolute atomic E-state index is 0.336. The Morgan fingerprint density at radius 1 is 0.913 bits per heavy atom. The molecule has 0 saturated carbocycles.